The van der Waals surface area contributed by atoms with E-state index in [9.17, 15) is 13.2 Å². The van der Waals surface area contributed by atoms with Gasteiger partial charge in [-0.25, -0.2) is 17.9 Å². The molecule has 1 fully saturated rings. The van der Waals surface area contributed by atoms with Crippen molar-refractivity contribution in [1.29, 1.82) is 0 Å². The zero-order chi connectivity index (χ0) is 21.6. The zero-order valence-electron chi connectivity index (χ0n) is 17.7. The number of amides is 2. The molecule has 0 aliphatic carbocycles. The van der Waals surface area contributed by atoms with Crippen LogP contribution in [0.5, 0.6) is 0 Å². The van der Waals surface area contributed by atoms with Gasteiger partial charge >= 0.3 is 6.03 Å². The van der Waals surface area contributed by atoms with Crippen LogP contribution in [0.3, 0.4) is 0 Å². The molecule has 7 heteroatoms. The molecule has 2 aromatic carbocycles. The molecular formula is C23H31N3O3S. The minimum atomic E-state index is -3.37. The molecule has 3 rings (SSSR count). The van der Waals surface area contributed by atoms with Gasteiger partial charge in [0, 0.05) is 19.1 Å². The predicted molar refractivity (Wildman–Crippen MR) is 120 cm³/mol. The van der Waals surface area contributed by atoms with Crippen molar-refractivity contribution < 1.29 is 13.2 Å². The Balaban J connectivity index is 1.83. The molecule has 0 unspecified atom stereocenters. The average Bonchev–Trinajstić information content (AvgIpc) is 2.69. The molecule has 2 N–H and O–H groups in total. The molecule has 0 spiro atoms. The second-order valence-corrected chi connectivity index (χ2v) is 9.70. The van der Waals surface area contributed by atoms with E-state index in [1.54, 1.807) is 4.90 Å². The van der Waals surface area contributed by atoms with Crippen molar-refractivity contribution >= 4 is 16.1 Å². The highest BCUT2D eigenvalue weighted by atomic mass is 32.2. The molecule has 1 aliphatic heterocycles. The van der Waals surface area contributed by atoms with Gasteiger partial charge in [0.15, 0.2) is 0 Å². The first kappa shape index (κ1) is 22.3. The van der Waals surface area contributed by atoms with Crippen LogP contribution in [0.25, 0.3) is 0 Å². The van der Waals surface area contributed by atoms with Gasteiger partial charge in [-0.1, -0.05) is 54.6 Å². The van der Waals surface area contributed by atoms with Gasteiger partial charge in [0.1, 0.15) is 0 Å². The summed E-state index contributed by atoms with van der Waals surface area (Å²) < 4.78 is 26.6. The number of carbonyl (C=O) groups excluding carboxylic acids is 1. The quantitative estimate of drug-likeness (QED) is 0.710. The maximum atomic E-state index is 12.7. The van der Waals surface area contributed by atoms with Crippen molar-refractivity contribution in [3.63, 3.8) is 0 Å². The summed E-state index contributed by atoms with van der Waals surface area (Å²) in [6, 6.07) is 18.0. The molecule has 1 saturated heterocycles. The maximum Gasteiger partial charge on any atom is 0.317 e. The molecule has 0 saturated carbocycles. The Morgan fingerprint density at radius 2 is 1.77 bits per heavy atom. The van der Waals surface area contributed by atoms with Crippen LogP contribution >= 0.6 is 0 Å². The van der Waals surface area contributed by atoms with E-state index in [1.165, 1.54) is 17.4 Å². The highest BCUT2D eigenvalue weighted by molar-refractivity contribution is 7.88. The van der Waals surface area contributed by atoms with E-state index < -0.39 is 10.0 Å². The number of likely N-dealkylation sites (tertiary alicyclic amines) is 1. The normalized spacial score (nSPS) is 19.5. The van der Waals surface area contributed by atoms with E-state index in [4.69, 9.17) is 0 Å². The van der Waals surface area contributed by atoms with E-state index >= 15 is 0 Å². The van der Waals surface area contributed by atoms with Gasteiger partial charge in [-0.15, -0.1) is 0 Å². The summed E-state index contributed by atoms with van der Waals surface area (Å²) in [5.74, 6) is 0. The number of carbonyl (C=O) groups is 1. The fourth-order valence-corrected chi connectivity index (χ4v) is 4.99. The van der Waals surface area contributed by atoms with Gasteiger partial charge in [-0.3, -0.25) is 0 Å². The summed E-state index contributed by atoms with van der Waals surface area (Å²) in [4.78, 5) is 14.4. The smallest absolute Gasteiger partial charge is 0.317 e. The third kappa shape index (κ3) is 6.31. The molecule has 0 radical (unpaired) electrons. The minimum absolute atomic E-state index is 0.136. The van der Waals surface area contributed by atoms with E-state index in [1.807, 2.05) is 31.2 Å². The number of nitrogens with one attached hydrogen (secondary N) is 2. The van der Waals surface area contributed by atoms with Gasteiger partial charge in [0.25, 0.3) is 0 Å². The standard InChI is InChI=1S/C23H31N3O3S/c1-3-24-23(27)26-14-8-13-21(25-30(2,28)29)22(26)17-20-12-7-11-19(16-20)15-18-9-5-4-6-10-18/h4-7,9-12,16,21-22,25H,3,8,13-15,17H2,1-2H3,(H,24,27)/t21-,22-/m0/s1. The molecular weight excluding hydrogens is 398 g/mol. The highest BCUT2D eigenvalue weighted by Crippen LogP contribution is 2.23. The predicted octanol–water partition coefficient (Wildman–Crippen LogP) is 2.93. The first-order chi connectivity index (χ1) is 14.4. The third-order valence-electron chi connectivity index (χ3n) is 5.42. The summed E-state index contributed by atoms with van der Waals surface area (Å²) in [6.45, 7) is 3.05. The van der Waals surface area contributed by atoms with Crippen LogP contribution in [0.15, 0.2) is 54.6 Å². The molecule has 1 heterocycles. The first-order valence-corrected chi connectivity index (χ1v) is 12.4. The number of benzene rings is 2. The number of urea groups is 1. The van der Waals surface area contributed by atoms with Gasteiger partial charge in [-0.2, -0.15) is 0 Å². The monoisotopic (exact) mass is 429 g/mol. The maximum absolute atomic E-state index is 12.7. The van der Waals surface area contributed by atoms with Crippen LogP contribution in [0, 0.1) is 0 Å². The molecule has 2 atom stereocenters. The van der Waals surface area contributed by atoms with Gasteiger partial charge in [0.05, 0.1) is 12.3 Å². The Morgan fingerprint density at radius 1 is 1.07 bits per heavy atom. The number of rotatable bonds is 7. The van der Waals surface area contributed by atoms with Crippen molar-refractivity contribution in [3.8, 4) is 0 Å². The van der Waals surface area contributed by atoms with Crippen LogP contribution in [-0.2, 0) is 22.9 Å². The number of piperidine rings is 1. The van der Waals surface area contributed by atoms with Crippen LogP contribution < -0.4 is 10.0 Å². The second-order valence-electron chi connectivity index (χ2n) is 7.92. The molecule has 162 valence electrons. The molecule has 1 aliphatic rings. The largest absolute Gasteiger partial charge is 0.338 e. The summed E-state index contributed by atoms with van der Waals surface area (Å²) in [6.07, 6.45) is 4.11. The Kier molecular flexibility index (Phi) is 7.50. The van der Waals surface area contributed by atoms with Crippen molar-refractivity contribution in [1.82, 2.24) is 14.9 Å². The van der Waals surface area contributed by atoms with Crippen molar-refractivity contribution in [2.75, 3.05) is 19.3 Å². The zero-order valence-corrected chi connectivity index (χ0v) is 18.5. The molecule has 30 heavy (non-hydrogen) atoms. The van der Waals surface area contributed by atoms with Gasteiger partial charge < -0.3 is 10.2 Å². The van der Waals surface area contributed by atoms with Crippen LogP contribution in [0.4, 0.5) is 4.79 Å². The Hall–Kier alpha value is -2.38. The molecule has 2 amide bonds. The van der Waals surface area contributed by atoms with Gasteiger partial charge in [0.2, 0.25) is 10.0 Å². The van der Waals surface area contributed by atoms with E-state index in [0.29, 0.717) is 19.5 Å². The van der Waals surface area contributed by atoms with Crippen LogP contribution in [0.2, 0.25) is 0 Å². The molecule has 6 nitrogen and oxygen atoms in total. The Morgan fingerprint density at radius 3 is 2.47 bits per heavy atom. The van der Waals surface area contributed by atoms with E-state index in [0.717, 1.165) is 24.8 Å². The lowest BCUT2D eigenvalue weighted by Gasteiger charge is -2.41. The fraction of sp³-hybridized carbons (Fsp3) is 0.435. The highest BCUT2D eigenvalue weighted by Gasteiger charge is 2.35. The summed E-state index contributed by atoms with van der Waals surface area (Å²) in [5, 5.41) is 2.87. The lowest BCUT2D eigenvalue weighted by atomic mass is 9.90. The molecule has 0 bridgehead atoms. The second kappa shape index (κ2) is 10.1. The van der Waals surface area contributed by atoms with Crippen molar-refractivity contribution in [2.45, 2.75) is 44.7 Å². The summed E-state index contributed by atoms with van der Waals surface area (Å²) >= 11 is 0. The fourth-order valence-electron chi connectivity index (χ4n) is 4.17. The van der Waals surface area contributed by atoms with Crippen molar-refractivity contribution in [2.24, 2.45) is 0 Å². The van der Waals surface area contributed by atoms with E-state index in [-0.39, 0.29) is 18.1 Å². The number of sulfonamides is 1. The third-order valence-corrected chi connectivity index (χ3v) is 6.15. The number of nitrogens with zero attached hydrogens (tertiary/aromatic N) is 1. The van der Waals surface area contributed by atoms with Crippen LogP contribution in [0.1, 0.15) is 36.5 Å². The minimum Gasteiger partial charge on any atom is -0.338 e. The molecule has 2 aromatic rings. The SMILES string of the molecule is CCNC(=O)N1CCC[C@H](NS(C)(=O)=O)[C@@H]1Cc1cccc(Cc2ccccc2)c1. The lowest BCUT2D eigenvalue weighted by molar-refractivity contribution is 0.134. The number of hydrogen-bond donors (Lipinski definition) is 2. The topological polar surface area (TPSA) is 78.5 Å². The van der Waals surface area contributed by atoms with Gasteiger partial charge in [-0.05, 0) is 49.3 Å². The Bertz CT molecular complexity index is 947. The van der Waals surface area contributed by atoms with Crippen molar-refractivity contribution in [3.05, 3.63) is 71.3 Å². The Labute approximate surface area is 179 Å². The number of hydrogen-bond acceptors (Lipinski definition) is 3. The first-order valence-electron chi connectivity index (χ1n) is 10.5. The lowest BCUT2D eigenvalue weighted by Crippen LogP contribution is -2.59. The average molecular weight is 430 g/mol. The van der Waals surface area contributed by atoms with Crippen LogP contribution in [-0.4, -0.2) is 50.8 Å². The molecule has 0 aromatic heterocycles. The van der Waals surface area contributed by atoms with E-state index in [2.05, 4.69) is 40.4 Å². The summed E-state index contributed by atoms with van der Waals surface area (Å²) in [7, 11) is -3.37. The summed E-state index contributed by atoms with van der Waals surface area (Å²) in [5.41, 5.74) is 3.55.